The van der Waals surface area contributed by atoms with E-state index in [1.54, 1.807) is 24.2 Å². The summed E-state index contributed by atoms with van der Waals surface area (Å²) in [6.45, 7) is 0. The molecule has 124 valence electrons. The molecule has 25 heavy (non-hydrogen) atoms. The van der Waals surface area contributed by atoms with E-state index in [0.29, 0.717) is 28.6 Å². The number of nitrogens with zero attached hydrogens (tertiary/aromatic N) is 5. The first-order valence-electron chi connectivity index (χ1n) is 7.71. The number of rotatable bonds is 3. The monoisotopic (exact) mass is 332 g/mol. The number of anilines is 1. The number of fused-ring (bicyclic) bond motifs is 1. The van der Waals surface area contributed by atoms with Crippen LogP contribution in [-0.4, -0.2) is 31.8 Å². The first-order valence-corrected chi connectivity index (χ1v) is 7.71. The minimum Gasteiger partial charge on any atom is -0.494 e. The summed E-state index contributed by atoms with van der Waals surface area (Å²) < 4.78 is 7.23. The highest BCUT2D eigenvalue weighted by molar-refractivity contribution is 5.91. The van der Waals surface area contributed by atoms with E-state index in [1.165, 1.54) is 0 Å². The lowest BCUT2D eigenvalue weighted by Crippen LogP contribution is -2.00. The van der Waals surface area contributed by atoms with Gasteiger partial charge in [0, 0.05) is 30.4 Å². The van der Waals surface area contributed by atoms with Gasteiger partial charge in [0.05, 0.1) is 19.0 Å². The molecule has 0 aliphatic heterocycles. The fourth-order valence-corrected chi connectivity index (χ4v) is 2.79. The standard InChI is InChI=1S/C18H16N6O/c1-24-7-5-13(23-24)18-17(21-10-15(19)22-18)12-8-11-4-3-6-20-16(11)14(9-12)25-2/h3-10H,1-2H3,(H2,19,22). The molecular weight excluding hydrogens is 316 g/mol. The van der Waals surface area contributed by atoms with Gasteiger partial charge in [0.25, 0.3) is 0 Å². The first kappa shape index (κ1) is 15.1. The van der Waals surface area contributed by atoms with Gasteiger partial charge >= 0.3 is 0 Å². The molecule has 1 aromatic carbocycles. The SMILES string of the molecule is COc1cc(-c2ncc(N)nc2-c2ccn(C)n2)cc2cccnc12. The molecule has 0 atom stereocenters. The van der Waals surface area contributed by atoms with Gasteiger partial charge < -0.3 is 10.5 Å². The lowest BCUT2D eigenvalue weighted by atomic mass is 10.0. The number of benzene rings is 1. The van der Waals surface area contributed by atoms with Crippen LogP contribution >= 0.6 is 0 Å². The van der Waals surface area contributed by atoms with Gasteiger partial charge in [-0.25, -0.2) is 4.98 Å². The second-order valence-electron chi connectivity index (χ2n) is 5.62. The van der Waals surface area contributed by atoms with Crippen LogP contribution in [0.25, 0.3) is 33.5 Å². The Balaban J connectivity index is 1.97. The van der Waals surface area contributed by atoms with Crippen LogP contribution in [-0.2, 0) is 7.05 Å². The summed E-state index contributed by atoms with van der Waals surface area (Å²) in [6.07, 6.45) is 5.14. The summed E-state index contributed by atoms with van der Waals surface area (Å²) in [7, 11) is 3.48. The summed E-state index contributed by atoms with van der Waals surface area (Å²) in [6, 6.07) is 9.67. The minimum atomic E-state index is 0.346. The Morgan fingerprint density at radius 3 is 2.76 bits per heavy atom. The maximum atomic E-state index is 5.85. The number of hydrogen-bond donors (Lipinski definition) is 1. The number of methoxy groups -OCH3 is 1. The van der Waals surface area contributed by atoms with Gasteiger partial charge in [-0.15, -0.1) is 0 Å². The normalized spacial score (nSPS) is 11.0. The van der Waals surface area contributed by atoms with Gasteiger partial charge in [0.2, 0.25) is 0 Å². The van der Waals surface area contributed by atoms with Crippen molar-refractivity contribution in [3.05, 3.63) is 48.9 Å². The van der Waals surface area contributed by atoms with Crippen LogP contribution in [0.15, 0.2) is 48.9 Å². The van der Waals surface area contributed by atoms with Gasteiger partial charge in [-0.05, 0) is 24.3 Å². The molecule has 4 aromatic rings. The molecule has 7 heteroatoms. The average Bonchev–Trinajstić information content (AvgIpc) is 3.07. The Morgan fingerprint density at radius 1 is 1.12 bits per heavy atom. The van der Waals surface area contributed by atoms with Crippen molar-refractivity contribution >= 4 is 16.7 Å². The van der Waals surface area contributed by atoms with E-state index >= 15 is 0 Å². The van der Waals surface area contributed by atoms with E-state index in [4.69, 9.17) is 10.5 Å². The highest BCUT2D eigenvalue weighted by Crippen LogP contribution is 2.34. The number of hydrogen-bond acceptors (Lipinski definition) is 6. The molecule has 4 rings (SSSR count). The molecule has 0 aliphatic carbocycles. The maximum absolute atomic E-state index is 5.85. The van der Waals surface area contributed by atoms with E-state index in [0.717, 1.165) is 16.5 Å². The van der Waals surface area contributed by atoms with Crippen LogP contribution in [0.1, 0.15) is 0 Å². The Kier molecular flexibility index (Phi) is 3.53. The Morgan fingerprint density at radius 2 is 2.00 bits per heavy atom. The number of aryl methyl sites for hydroxylation is 1. The summed E-state index contributed by atoms with van der Waals surface area (Å²) in [5.41, 5.74) is 9.55. The molecule has 3 heterocycles. The predicted molar refractivity (Wildman–Crippen MR) is 95.9 cm³/mol. The van der Waals surface area contributed by atoms with Crippen LogP contribution in [0.2, 0.25) is 0 Å². The summed E-state index contributed by atoms with van der Waals surface area (Å²) in [5.74, 6) is 1.03. The van der Waals surface area contributed by atoms with Crippen LogP contribution in [0.5, 0.6) is 5.75 Å². The predicted octanol–water partition coefficient (Wildman–Crippen LogP) is 2.68. The van der Waals surface area contributed by atoms with Crippen molar-refractivity contribution in [2.75, 3.05) is 12.8 Å². The Hall–Kier alpha value is -3.48. The lowest BCUT2D eigenvalue weighted by Gasteiger charge is -2.11. The molecule has 0 saturated heterocycles. The number of pyridine rings is 1. The molecule has 0 fully saturated rings. The van der Waals surface area contributed by atoms with Crippen molar-refractivity contribution in [1.29, 1.82) is 0 Å². The number of nitrogens with two attached hydrogens (primary N) is 1. The summed E-state index contributed by atoms with van der Waals surface area (Å²) in [5, 5.41) is 5.39. The van der Waals surface area contributed by atoms with Crippen molar-refractivity contribution in [2.24, 2.45) is 7.05 Å². The van der Waals surface area contributed by atoms with E-state index in [-0.39, 0.29) is 0 Å². The smallest absolute Gasteiger partial charge is 0.145 e. The minimum absolute atomic E-state index is 0.346. The van der Waals surface area contributed by atoms with Crippen LogP contribution < -0.4 is 10.5 Å². The zero-order valence-corrected chi connectivity index (χ0v) is 13.8. The van der Waals surface area contributed by atoms with Gasteiger partial charge in [0.1, 0.15) is 28.5 Å². The molecule has 0 aliphatic rings. The van der Waals surface area contributed by atoms with Crippen molar-refractivity contribution in [3.8, 4) is 28.4 Å². The fourth-order valence-electron chi connectivity index (χ4n) is 2.79. The van der Waals surface area contributed by atoms with Crippen LogP contribution in [0, 0.1) is 0 Å². The highest BCUT2D eigenvalue weighted by atomic mass is 16.5. The molecule has 0 unspecified atom stereocenters. The number of aromatic nitrogens is 5. The molecule has 2 N–H and O–H groups in total. The third kappa shape index (κ3) is 2.65. The topological polar surface area (TPSA) is 91.7 Å². The van der Waals surface area contributed by atoms with Crippen molar-refractivity contribution in [1.82, 2.24) is 24.7 Å². The van der Waals surface area contributed by atoms with Crippen LogP contribution in [0.3, 0.4) is 0 Å². The second kappa shape index (κ2) is 5.86. The highest BCUT2D eigenvalue weighted by Gasteiger charge is 2.16. The summed E-state index contributed by atoms with van der Waals surface area (Å²) >= 11 is 0. The third-order valence-corrected chi connectivity index (χ3v) is 3.91. The fraction of sp³-hybridized carbons (Fsp3) is 0.111. The van der Waals surface area contributed by atoms with Crippen molar-refractivity contribution in [2.45, 2.75) is 0 Å². The second-order valence-corrected chi connectivity index (χ2v) is 5.62. The Bertz CT molecular complexity index is 1070. The van der Waals surface area contributed by atoms with Crippen molar-refractivity contribution in [3.63, 3.8) is 0 Å². The quantitative estimate of drug-likeness (QED) is 0.620. The Labute approximate surface area is 144 Å². The lowest BCUT2D eigenvalue weighted by molar-refractivity contribution is 0.419. The largest absolute Gasteiger partial charge is 0.494 e. The first-order chi connectivity index (χ1) is 12.2. The molecular formula is C18H16N6O. The zero-order chi connectivity index (χ0) is 17.4. The van der Waals surface area contributed by atoms with Gasteiger partial charge in [0.15, 0.2) is 0 Å². The molecule has 7 nitrogen and oxygen atoms in total. The van der Waals surface area contributed by atoms with Crippen molar-refractivity contribution < 1.29 is 4.74 Å². The van der Waals surface area contributed by atoms with E-state index in [1.807, 2.05) is 43.6 Å². The third-order valence-electron chi connectivity index (χ3n) is 3.91. The summed E-state index contributed by atoms with van der Waals surface area (Å²) in [4.78, 5) is 13.3. The van der Waals surface area contributed by atoms with Crippen LogP contribution in [0.4, 0.5) is 5.82 Å². The molecule has 0 bridgehead atoms. The zero-order valence-electron chi connectivity index (χ0n) is 13.8. The van der Waals surface area contributed by atoms with E-state index in [9.17, 15) is 0 Å². The van der Waals surface area contributed by atoms with E-state index < -0.39 is 0 Å². The average molecular weight is 332 g/mol. The van der Waals surface area contributed by atoms with Gasteiger partial charge in [-0.3, -0.25) is 14.6 Å². The molecule has 3 aromatic heterocycles. The van der Waals surface area contributed by atoms with E-state index in [2.05, 4.69) is 20.1 Å². The molecule has 0 saturated carbocycles. The van der Waals surface area contributed by atoms with Gasteiger partial charge in [-0.1, -0.05) is 6.07 Å². The number of nitrogen functional groups attached to an aromatic ring is 1. The molecule has 0 radical (unpaired) electrons. The maximum Gasteiger partial charge on any atom is 0.145 e. The molecule has 0 spiro atoms. The van der Waals surface area contributed by atoms with Gasteiger partial charge in [-0.2, -0.15) is 5.10 Å². The molecule has 0 amide bonds. The number of ether oxygens (including phenoxy) is 1.